The van der Waals surface area contributed by atoms with E-state index in [0.29, 0.717) is 18.3 Å². The van der Waals surface area contributed by atoms with Gasteiger partial charge in [0.1, 0.15) is 4.60 Å². The normalized spacial score (nSPS) is 12.5. The molecule has 0 aliphatic rings. The largest absolute Gasteiger partial charge is 0.376 e. The second kappa shape index (κ2) is 5.97. The van der Waals surface area contributed by atoms with Crippen molar-refractivity contribution < 1.29 is 0 Å². The number of pyridine rings is 1. The van der Waals surface area contributed by atoms with Crippen molar-refractivity contribution in [3.8, 4) is 0 Å². The van der Waals surface area contributed by atoms with Crippen LogP contribution in [-0.2, 0) is 0 Å². The van der Waals surface area contributed by atoms with Crippen LogP contribution in [0.3, 0.4) is 0 Å². The van der Waals surface area contributed by atoms with Crippen LogP contribution in [0.1, 0.15) is 18.5 Å². The number of aromatic nitrogens is 1. The van der Waals surface area contributed by atoms with Gasteiger partial charge in [-0.3, -0.25) is 0 Å². The van der Waals surface area contributed by atoms with E-state index < -0.39 is 0 Å². The van der Waals surface area contributed by atoms with Crippen molar-refractivity contribution in [2.24, 2.45) is 0 Å². The lowest BCUT2D eigenvalue weighted by Crippen LogP contribution is -2.07. The molecule has 2 heterocycles. The molecule has 2 aromatic heterocycles. The Morgan fingerprint density at radius 3 is 2.67 bits per heavy atom. The van der Waals surface area contributed by atoms with Gasteiger partial charge in [0.2, 0.25) is 0 Å². The smallest absolute Gasteiger partial charge is 0.129 e. The van der Waals surface area contributed by atoms with Crippen molar-refractivity contribution in [1.29, 1.82) is 0 Å². The van der Waals surface area contributed by atoms with Crippen molar-refractivity contribution in [2.45, 2.75) is 13.0 Å². The standard InChI is InChI=1S/C11H8BrCl3N2S/c1-5(7-3-9(14)18-11(7)15)17-8-2-6(13)4-16-10(8)12/h2-5,17H,1H3. The summed E-state index contributed by atoms with van der Waals surface area (Å²) in [7, 11) is 0. The maximum Gasteiger partial charge on any atom is 0.129 e. The van der Waals surface area contributed by atoms with E-state index in [1.165, 1.54) is 11.3 Å². The third-order valence-corrected chi connectivity index (χ3v) is 4.68. The summed E-state index contributed by atoms with van der Waals surface area (Å²) in [5.74, 6) is 0. The summed E-state index contributed by atoms with van der Waals surface area (Å²) in [5.41, 5.74) is 1.77. The summed E-state index contributed by atoms with van der Waals surface area (Å²) >= 11 is 22.7. The third-order valence-electron chi connectivity index (χ3n) is 2.33. The summed E-state index contributed by atoms with van der Waals surface area (Å²) < 4.78 is 2.06. The Hall–Kier alpha value is -0.000000000000000167. The monoisotopic (exact) mass is 384 g/mol. The zero-order valence-electron chi connectivity index (χ0n) is 9.18. The van der Waals surface area contributed by atoms with Gasteiger partial charge in [-0.15, -0.1) is 11.3 Å². The summed E-state index contributed by atoms with van der Waals surface area (Å²) in [4.78, 5) is 4.12. The maximum absolute atomic E-state index is 6.12. The van der Waals surface area contributed by atoms with Crippen LogP contribution < -0.4 is 5.32 Å². The minimum atomic E-state index is 0.0119. The molecule has 1 unspecified atom stereocenters. The van der Waals surface area contributed by atoms with E-state index >= 15 is 0 Å². The summed E-state index contributed by atoms with van der Waals surface area (Å²) in [6.07, 6.45) is 1.58. The number of hydrogen-bond donors (Lipinski definition) is 1. The fraction of sp³-hybridized carbons (Fsp3) is 0.182. The molecule has 1 N–H and O–H groups in total. The molecule has 0 fully saturated rings. The van der Waals surface area contributed by atoms with Gasteiger partial charge < -0.3 is 5.32 Å². The highest BCUT2D eigenvalue weighted by molar-refractivity contribution is 9.10. The topological polar surface area (TPSA) is 24.9 Å². The number of anilines is 1. The van der Waals surface area contributed by atoms with Crippen molar-refractivity contribution >= 4 is 67.8 Å². The fourth-order valence-electron chi connectivity index (χ4n) is 1.48. The first-order chi connectivity index (χ1) is 8.47. The van der Waals surface area contributed by atoms with Gasteiger partial charge >= 0.3 is 0 Å². The lowest BCUT2D eigenvalue weighted by Gasteiger charge is -2.15. The van der Waals surface area contributed by atoms with Crippen LogP contribution in [0, 0.1) is 0 Å². The Labute approximate surface area is 132 Å². The molecule has 7 heteroatoms. The number of rotatable bonds is 3. The third kappa shape index (κ3) is 3.31. The van der Waals surface area contributed by atoms with Gasteiger partial charge in [-0.25, -0.2) is 4.98 Å². The molecule has 0 bridgehead atoms. The lowest BCUT2D eigenvalue weighted by atomic mass is 10.2. The molecular weight excluding hydrogens is 378 g/mol. The number of halogens is 4. The minimum absolute atomic E-state index is 0.0119. The molecule has 1 atom stereocenters. The van der Waals surface area contributed by atoms with Gasteiger partial charge in [-0.05, 0) is 35.0 Å². The molecule has 2 aromatic rings. The average Bonchev–Trinajstić information content (AvgIpc) is 2.63. The molecule has 0 aromatic carbocycles. The Morgan fingerprint density at radius 2 is 2.06 bits per heavy atom. The highest BCUT2D eigenvalue weighted by Gasteiger charge is 2.14. The van der Waals surface area contributed by atoms with Gasteiger partial charge in [0.05, 0.1) is 25.4 Å². The van der Waals surface area contributed by atoms with E-state index in [0.717, 1.165) is 11.3 Å². The van der Waals surface area contributed by atoms with Crippen LogP contribution >= 0.6 is 62.1 Å². The zero-order chi connectivity index (χ0) is 13.3. The molecule has 18 heavy (non-hydrogen) atoms. The van der Waals surface area contributed by atoms with Crippen LogP contribution in [0.2, 0.25) is 13.7 Å². The van der Waals surface area contributed by atoms with Crippen molar-refractivity contribution in [3.05, 3.63) is 42.2 Å². The van der Waals surface area contributed by atoms with E-state index in [1.54, 1.807) is 12.3 Å². The average molecular weight is 387 g/mol. The quantitative estimate of drug-likeness (QED) is 0.651. The van der Waals surface area contributed by atoms with Crippen LogP contribution in [0.5, 0.6) is 0 Å². The molecular formula is C11H8BrCl3N2S. The second-order valence-corrected chi connectivity index (χ2v) is 7.11. The van der Waals surface area contributed by atoms with Gasteiger partial charge in [0.15, 0.2) is 0 Å². The van der Waals surface area contributed by atoms with E-state index in [9.17, 15) is 0 Å². The SMILES string of the molecule is CC(Nc1cc(Cl)cnc1Br)c1cc(Cl)sc1Cl. The van der Waals surface area contributed by atoms with Crippen molar-refractivity contribution in [3.63, 3.8) is 0 Å². The molecule has 2 rings (SSSR count). The number of hydrogen-bond acceptors (Lipinski definition) is 3. The minimum Gasteiger partial charge on any atom is -0.376 e. The first-order valence-corrected chi connectivity index (χ1v) is 7.74. The lowest BCUT2D eigenvalue weighted by molar-refractivity contribution is 0.887. The number of nitrogens with one attached hydrogen (secondary N) is 1. The molecule has 0 spiro atoms. The zero-order valence-corrected chi connectivity index (χ0v) is 13.8. The maximum atomic E-state index is 6.12. The van der Waals surface area contributed by atoms with Crippen LogP contribution in [0.4, 0.5) is 5.69 Å². The van der Waals surface area contributed by atoms with Crippen LogP contribution in [-0.4, -0.2) is 4.98 Å². The van der Waals surface area contributed by atoms with Crippen molar-refractivity contribution in [1.82, 2.24) is 4.98 Å². The summed E-state index contributed by atoms with van der Waals surface area (Å²) in [6.45, 7) is 2.00. The highest BCUT2D eigenvalue weighted by atomic mass is 79.9. The summed E-state index contributed by atoms with van der Waals surface area (Å²) in [6, 6.07) is 3.67. The number of nitrogens with zero attached hydrogens (tertiary/aromatic N) is 1. The number of thiophene rings is 1. The fourth-order valence-corrected chi connectivity index (χ4v) is 3.62. The molecule has 0 radical (unpaired) electrons. The first-order valence-electron chi connectivity index (χ1n) is 4.99. The van der Waals surface area contributed by atoms with Crippen molar-refractivity contribution in [2.75, 3.05) is 5.32 Å². The van der Waals surface area contributed by atoms with Gasteiger partial charge in [-0.2, -0.15) is 0 Å². The highest BCUT2D eigenvalue weighted by Crippen LogP contribution is 2.37. The van der Waals surface area contributed by atoms with Gasteiger partial charge in [0.25, 0.3) is 0 Å². The van der Waals surface area contributed by atoms with E-state index in [-0.39, 0.29) is 6.04 Å². The molecule has 0 saturated carbocycles. The van der Waals surface area contributed by atoms with Gasteiger partial charge in [-0.1, -0.05) is 34.8 Å². The molecule has 2 nitrogen and oxygen atoms in total. The molecule has 0 aliphatic carbocycles. The van der Waals surface area contributed by atoms with E-state index in [4.69, 9.17) is 34.8 Å². The molecule has 0 saturated heterocycles. The Morgan fingerprint density at radius 1 is 1.33 bits per heavy atom. The van der Waals surface area contributed by atoms with E-state index in [2.05, 4.69) is 26.2 Å². The van der Waals surface area contributed by atoms with Crippen LogP contribution in [0.25, 0.3) is 0 Å². The predicted molar refractivity (Wildman–Crippen MR) is 83.3 cm³/mol. The second-order valence-electron chi connectivity index (χ2n) is 3.64. The Bertz CT molecular complexity index is 573. The Kier molecular flexibility index (Phi) is 4.78. The molecule has 0 amide bonds. The van der Waals surface area contributed by atoms with Gasteiger partial charge in [0, 0.05) is 11.8 Å². The Balaban J connectivity index is 2.23. The summed E-state index contributed by atoms with van der Waals surface area (Å²) in [5, 5.41) is 3.86. The van der Waals surface area contributed by atoms with Crippen LogP contribution in [0.15, 0.2) is 22.9 Å². The van der Waals surface area contributed by atoms with E-state index in [1.807, 2.05) is 13.0 Å². The first kappa shape index (κ1) is 14.4. The predicted octanol–water partition coefficient (Wildman–Crippen LogP) is 6.04. The molecule has 96 valence electrons. The molecule has 0 aliphatic heterocycles.